The number of rotatable bonds is 2. The van der Waals surface area contributed by atoms with E-state index in [0.29, 0.717) is 5.56 Å². The van der Waals surface area contributed by atoms with Gasteiger partial charge in [-0.2, -0.15) is 13.2 Å². The van der Waals surface area contributed by atoms with Gasteiger partial charge >= 0.3 is 12.1 Å². The van der Waals surface area contributed by atoms with E-state index in [1.165, 1.54) is 12.1 Å². The van der Waals surface area contributed by atoms with Crippen molar-refractivity contribution in [3.8, 4) is 0 Å². The maximum absolute atomic E-state index is 12.7. The Morgan fingerprint density at radius 1 is 1.12 bits per heavy atom. The lowest BCUT2D eigenvalue weighted by molar-refractivity contribution is -0.141. The molecular formula is C17H14F3NO4. The Labute approximate surface area is 140 Å². The number of nitrogens with one attached hydrogen (secondary N) is 1. The van der Waals surface area contributed by atoms with Crippen molar-refractivity contribution in [3.63, 3.8) is 0 Å². The number of ketones is 2. The van der Waals surface area contributed by atoms with E-state index >= 15 is 0 Å². The highest BCUT2D eigenvalue weighted by atomic mass is 19.4. The number of hydrogen-bond donors (Lipinski definition) is 2. The van der Waals surface area contributed by atoms with Gasteiger partial charge in [0.15, 0.2) is 11.6 Å². The average molecular weight is 353 g/mol. The van der Waals surface area contributed by atoms with Crippen LogP contribution in [0.4, 0.5) is 13.2 Å². The van der Waals surface area contributed by atoms with Gasteiger partial charge in [0, 0.05) is 30.7 Å². The Kier molecular flexibility index (Phi) is 3.19. The van der Waals surface area contributed by atoms with E-state index in [9.17, 15) is 32.7 Å². The summed E-state index contributed by atoms with van der Waals surface area (Å²) < 4.78 is 38.1. The second kappa shape index (κ2) is 4.91. The van der Waals surface area contributed by atoms with Gasteiger partial charge < -0.3 is 5.11 Å². The van der Waals surface area contributed by atoms with Crippen molar-refractivity contribution in [1.29, 1.82) is 0 Å². The van der Waals surface area contributed by atoms with Crippen molar-refractivity contribution < 1.29 is 32.7 Å². The smallest absolute Gasteiger partial charge is 0.416 e. The van der Waals surface area contributed by atoms with E-state index in [2.05, 4.69) is 5.32 Å². The first-order valence-electron chi connectivity index (χ1n) is 7.90. The molecular weight excluding hydrogens is 339 g/mol. The summed E-state index contributed by atoms with van der Waals surface area (Å²) in [6, 6.07) is 4.10. The minimum atomic E-state index is -4.46. The molecule has 5 unspecified atom stereocenters. The molecule has 2 aliphatic carbocycles. The standard InChI is InChI=1S/C17H14F3NO4/c18-17(19,20)8-3-1-7(2-4-8)13-14-9-5-11(22)12(23)6-10(9)21-16(13,14)15(24)25/h1-4,9-10,13-14,21H,5-6H2,(H,24,25). The van der Waals surface area contributed by atoms with E-state index in [-0.39, 0.29) is 24.8 Å². The molecule has 4 rings (SSSR count). The van der Waals surface area contributed by atoms with Crippen LogP contribution in [0.5, 0.6) is 0 Å². The minimum absolute atomic E-state index is 0.00662. The molecule has 2 saturated carbocycles. The third-order valence-electron chi connectivity index (χ3n) is 5.76. The quantitative estimate of drug-likeness (QED) is 0.792. The van der Waals surface area contributed by atoms with Crippen LogP contribution in [0.2, 0.25) is 0 Å². The SMILES string of the molecule is O=C1CC2NC3(C(=O)O)C(c4ccc(C(F)(F)F)cc4)C3C2CC1=O. The first-order chi connectivity index (χ1) is 11.7. The zero-order chi connectivity index (χ0) is 18.1. The maximum atomic E-state index is 12.7. The molecule has 0 bridgehead atoms. The highest BCUT2D eigenvalue weighted by Gasteiger charge is 2.78. The number of alkyl halides is 3. The van der Waals surface area contributed by atoms with E-state index in [4.69, 9.17) is 0 Å². The van der Waals surface area contributed by atoms with Crippen LogP contribution < -0.4 is 5.32 Å². The number of carboxylic acid groups (broad SMARTS) is 1. The summed E-state index contributed by atoms with van der Waals surface area (Å²) in [6.45, 7) is 0. The average Bonchev–Trinajstić information content (AvgIpc) is 3.09. The van der Waals surface area contributed by atoms with E-state index in [0.717, 1.165) is 12.1 Å². The molecule has 25 heavy (non-hydrogen) atoms. The third-order valence-corrected chi connectivity index (χ3v) is 5.76. The third kappa shape index (κ3) is 2.16. The number of aliphatic carboxylic acids is 1. The van der Waals surface area contributed by atoms with Crippen LogP contribution in [0.1, 0.15) is 29.9 Å². The number of carboxylic acids is 1. The lowest BCUT2D eigenvalue weighted by atomic mass is 9.80. The Morgan fingerprint density at radius 3 is 2.28 bits per heavy atom. The molecule has 3 aliphatic rings. The molecule has 0 spiro atoms. The summed E-state index contributed by atoms with van der Waals surface area (Å²) >= 11 is 0. The summed E-state index contributed by atoms with van der Waals surface area (Å²) in [5.41, 5.74) is -1.61. The highest BCUT2D eigenvalue weighted by Crippen LogP contribution is 2.67. The van der Waals surface area contributed by atoms with Crippen molar-refractivity contribution in [2.75, 3.05) is 0 Å². The van der Waals surface area contributed by atoms with Crippen molar-refractivity contribution in [3.05, 3.63) is 35.4 Å². The van der Waals surface area contributed by atoms with Gasteiger partial charge in [0.25, 0.3) is 0 Å². The fourth-order valence-corrected chi connectivity index (χ4v) is 4.65. The van der Waals surface area contributed by atoms with Gasteiger partial charge in [-0.15, -0.1) is 0 Å². The molecule has 1 aromatic rings. The van der Waals surface area contributed by atoms with Crippen LogP contribution in [-0.2, 0) is 20.6 Å². The summed E-state index contributed by atoms with van der Waals surface area (Å²) in [5, 5.41) is 12.7. The van der Waals surface area contributed by atoms with Crippen LogP contribution in [0.3, 0.4) is 0 Å². The Bertz CT molecular complexity index is 788. The predicted octanol–water partition coefficient (Wildman–Crippen LogP) is 1.76. The fraction of sp³-hybridized carbons (Fsp3) is 0.471. The predicted molar refractivity (Wildman–Crippen MR) is 77.7 cm³/mol. The number of piperidine rings is 1. The molecule has 5 atom stereocenters. The van der Waals surface area contributed by atoms with Gasteiger partial charge in [-0.3, -0.25) is 19.7 Å². The van der Waals surface area contributed by atoms with Crippen LogP contribution in [-0.4, -0.2) is 34.2 Å². The molecule has 8 heteroatoms. The summed E-state index contributed by atoms with van der Waals surface area (Å²) in [6.07, 6.45) is -4.48. The first kappa shape index (κ1) is 16.3. The number of carbonyl (C=O) groups excluding carboxylic acids is 2. The monoisotopic (exact) mass is 353 g/mol. The maximum Gasteiger partial charge on any atom is 0.416 e. The Hall–Kier alpha value is -2.22. The van der Waals surface area contributed by atoms with Crippen LogP contribution in [0.25, 0.3) is 0 Å². The van der Waals surface area contributed by atoms with E-state index in [1.807, 2.05) is 0 Å². The topological polar surface area (TPSA) is 83.5 Å². The number of Topliss-reactive ketones (excluding diaryl/α,β-unsaturated/α-hetero) is 2. The van der Waals surface area contributed by atoms with Crippen LogP contribution in [0.15, 0.2) is 24.3 Å². The zero-order valence-electron chi connectivity index (χ0n) is 12.8. The summed E-state index contributed by atoms with van der Waals surface area (Å²) in [4.78, 5) is 35.2. The second-order valence-electron chi connectivity index (χ2n) is 6.97. The Balaban J connectivity index is 1.65. The number of fused-ring (bicyclic) bond motifs is 3. The van der Waals surface area contributed by atoms with Crippen molar-refractivity contribution >= 4 is 17.5 Å². The van der Waals surface area contributed by atoms with Gasteiger partial charge in [-0.1, -0.05) is 12.1 Å². The van der Waals surface area contributed by atoms with Gasteiger partial charge in [-0.05, 0) is 23.6 Å². The molecule has 1 aromatic carbocycles. The first-order valence-corrected chi connectivity index (χ1v) is 7.90. The molecule has 132 valence electrons. The summed E-state index contributed by atoms with van der Waals surface area (Å²) in [5.74, 6) is -3.28. The minimum Gasteiger partial charge on any atom is -0.480 e. The zero-order valence-corrected chi connectivity index (χ0v) is 12.8. The lowest BCUT2D eigenvalue weighted by Crippen LogP contribution is -2.47. The van der Waals surface area contributed by atoms with Crippen LogP contribution >= 0.6 is 0 Å². The molecule has 3 fully saturated rings. The second-order valence-corrected chi connectivity index (χ2v) is 6.97. The van der Waals surface area contributed by atoms with E-state index < -0.39 is 46.7 Å². The van der Waals surface area contributed by atoms with Gasteiger partial charge in [0.2, 0.25) is 0 Å². The van der Waals surface area contributed by atoms with E-state index in [1.54, 1.807) is 0 Å². The number of carbonyl (C=O) groups is 3. The molecule has 5 nitrogen and oxygen atoms in total. The van der Waals surface area contributed by atoms with Crippen molar-refractivity contribution in [1.82, 2.24) is 5.32 Å². The molecule has 0 radical (unpaired) electrons. The van der Waals surface area contributed by atoms with Crippen molar-refractivity contribution in [2.24, 2.45) is 11.8 Å². The van der Waals surface area contributed by atoms with Gasteiger partial charge in [0.1, 0.15) is 5.54 Å². The van der Waals surface area contributed by atoms with Crippen LogP contribution in [0, 0.1) is 11.8 Å². The molecule has 1 saturated heterocycles. The molecule has 0 amide bonds. The number of halogens is 3. The largest absolute Gasteiger partial charge is 0.480 e. The molecule has 2 N–H and O–H groups in total. The normalized spacial score (nSPS) is 36.8. The fourth-order valence-electron chi connectivity index (χ4n) is 4.65. The number of hydrogen-bond acceptors (Lipinski definition) is 4. The number of benzene rings is 1. The van der Waals surface area contributed by atoms with Crippen molar-refractivity contribution in [2.45, 2.75) is 36.5 Å². The Morgan fingerprint density at radius 2 is 1.72 bits per heavy atom. The summed E-state index contributed by atoms with van der Waals surface area (Å²) in [7, 11) is 0. The van der Waals surface area contributed by atoms with Gasteiger partial charge in [0.05, 0.1) is 5.56 Å². The lowest BCUT2D eigenvalue weighted by Gasteiger charge is -2.28. The highest BCUT2D eigenvalue weighted by molar-refractivity contribution is 6.38. The van der Waals surface area contributed by atoms with Gasteiger partial charge in [-0.25, -0.2) is 0 Å². The molecule has 1 heterocycles. The molecule has 1 aliphatic heterocycles. The molecule has 0 aromatic heterocycles.